The van der Waals surface area contributed by atoms with Crippen molar-refractivity contribution in [3.8, 4) is 0 Å². The first-order valence-corrected chi connectivity index (χ1v) is 7.34. The monoisotopic (exact) mass is 309 g/mol. The SMILES string of the molecule is Cc1ccc([N+](=O)[O-])cc1.Nc1ccc(S(N)(=O)=O)cc1. The summed E-state index contributed by atoms with van der Waals surface area (Å²) in [7, 11) is -3.58. The van der Waals surface area contributed by atoms with Crippen LogP contribution in [0.1, 0.15) is 5.56 Å². The van der Waals surface area contributed by atoms with Gasteiger partial charge in [0.15, 0.2) is 0 Å². The number of nitrogens with two attached hydrogens (primary N) is 2. The highest BCUT2D eigenvalue weighted by molar-refractivity contribution is 7.89. The Labute approximate surface area is 122 Å². The number of primary sulfonamides is 1. The summed E-state index contributed by atoms with van der Waals surface area (Å²) in [5.74, 6) is 0. The topological polar surface area (TPSA) is 129 Å². The second-order valence-corrected chi connectivity index (χ2v) is 5.77. The zero-order valence-corrected chi connectivity index (χ0v) is 12.1. The first kappa shape index (κ1) is 16.6. The number of nitrogens with zero attached hydrogens (tertiary/aromatic N) is 1. The van der Waals surface area contributed by atoms with Gasteiger partial charge in [0.2, 0.25) is 10.0 Å². The minimum Gasteiger partial charge on any atom is -0.399 e. The quantitative estimate of drug-likeness (QED) is 0.496. The molecule has 0 heterocycles. The Bertz CT molecular complexity index is 710. The molecule has 0 atom stereocenters. The van der Waals surface area contributed by atoms with Crippen molar-refractivity contribution >= 4 is 21.4 Å². The molecule has 2 aromatic carbocycles. The Kier molecular flexibility index (Phi) is 5.39. The first-order chi connectivity index (χ1) is 9.70. The molecule has 0 radical (unpaired) electrons. The fourth-order valence-corrected chi connectivity index (χ4v) is 1.84. The van der Waals surface area contributed by atoms with Crippen molar-refractivity contribution in [1.82, 2.24) is 0 Å². The standard InChI is InChI=1S/C7H7NO2.C6H8N2O2S/c1-6-2-4-7(5-3-6)8(9)10;7-5-1-3-6(4-2-5)11(8,9)10/h2-5H,1H3;1-4H,7H2,(H2,8,9,10). The summed E-state index contributed by atoms with van der Waals surface area (Å²) in [5.41, 5.74) is 7.02. The smallest absolute Gasteiger partial charge is 0.269 e. The summed E-state index contributed by atoms with van der Waals surface area (Å²) in [6, 6.07) is 12.1. The fourth-order valence-electron chi connectivity index (χ4n) is 1.32. The third-order valence-corrected chi connectivity index (χ3v) is 3.38. The van der Waals surface area contributed by atoms with Gasteiger partial charge in [-0.25, -0.2) is 13.6 Å². The van der Waals surface area contributed by atoms with Gasteiger partial charge in [-0.1, -0.05) is 17.7 Å². The van der Waals surface area contributed by atoms with Crippen LogP contribution in [0.15, 0.2) is 53.4 Å². The molecule has 0 bridgehead atoms. The average Bonchev–Trinajstić information content (AvgIpc) is 2.39. The highest BCUT2D eigenvalue weighted by atomic mass is 32.2. The van der Waals surface area contributed by atoms with E-state index in [0.29, 0.717) is 5.69 Å². The molecule has 112 valence electrons. The van der Waals surface area contributed by atoms with Crippen LogP contribution in [0.4, 0.5) is 11.4 Å². The maximum atomic E-state index is 10.7. The number of nitro benzene ring substituents is 1. The molecule has 0 spiro atoms. The lowest BCUT2D eigenvalue weighted by molar-refractivity contribution is -0.384. The van der Waals surface area contributed by atoms with Crippen molar-refractivity contribution in [2.24, 2.45) is 5.14 Å². The molecule has 4 N–H and O–H groups in total. The number of anilines is 1. The van der Waals surface area contributed by atoms with Crippen molar-refractivity contribution in [1.29, 1.82) is 0 Å². The highest BCUT2D eigenvalue weighted by Crippen LogP contribution is 2.10. The molecule has 0 fully saturated rings. The van der Waals surface area contributed by atoms with Crippen LogP contribution in [-0.4, -0.2) is 13.3 Å². The van der Waals surface area contributed by atoms with Crippen LogP contribution in [0, 0.1) is 17.0 Å². The van der Waals surface area contributed by atoms with Gasteiger partial charge in [-0.15, -0.1) is 0 Å². The Morgan fingerprint density at radius 1 is 1.00 bits per heavy atom. The molecule has 0 saturated carbocycles. The van der Waals surface area contributed by atoms with Gasteiger partial charge in [0.25, 0.3) is 5.69 Å². The second-order valence-electron chi connectivity index (χ2n) is 4.21. The van der Waals surface area contributed by atoms with Gasteiger partial charge in [-0.3, -0.25) is 10.1 Å². The van der Waals surface area contributed by atoms with Crippen LogP contribution in [-0.2, 0) is 10.0 Å². The Morgan fingerprint density at radius 2 is 1.48 bits per heavy atom. The van der Waals surface area contributed by atoms with E-state index in [4.69, 9.17) is 10.9 Å². The lowest BCUT2D eigenvalue weighted by atomic mass is 10.2. The molecule has 0 amide bonds. The van der Waals surface area contributed by atoms with Gasteiger partial charge in [0.1, 0.15) is 0 Å². The van der Waals surface area contributed by atoms with Gasteiger partial charge in [0.05, 0.1) is 9.82 Å². The van der Waals surface area contributed by atoms with Gasteiger partial charge < -0.3 is 5.73 Å². The third-order valence-electron chi connectivity index (χ3n) is 2.45. The minimum absolute atomic E-state index is 0.0756. The molecular formula is C13H15N3O4S. The lowest BCUT2D eigenvalue weighted by Gasteiger charge is -1.96. The van der Waals surface area contributed by atoms with Crippen molar-refractivity contribution in [3.05, 3.63) is 64.2 Å². The molecule has 8 heteroatoms. The summed E-state index contributed by atoms with van der Waals surface area (Å²) >= 11 is 0. The number of aryl methyl sites for hydroxylation is 1. The molecule has 2 rings (SSSR count). The van der Waals surface area contributed by atoms with Crippen LogP contribution < -0.4 is 10.9 Å². The maximum absolute atomic E-state index is 10.7. The summed E-state index contributed by atoms with van der Waals surface area (Å²) in [4.78, 5) is 9.79. The van der Waals surface area contributed by atoms with Gasteiger partial charge in [-0.2, -0.15) is 0 Å². The predicted octanol–water partition coefficient (Wildman–Crippen LogP) is 1.82. The highest BCUT2D eigenvalue weighted by Gasteiger charge is 2.05. The van der Waals surface area contributed by atoms with Crippen LogP contribution in [0.25, 0.3) is 0 Å². The Morgan fingerprint density at radius 3 is 1.86 bits per heavy atom. The van der Waals surface area contributed by atoms with E-state index in [2.05, 4.69) is 0 Å². The van der Waals surface area contributed by atoms with Gasteiger partial charge >= 0.3 is 0 Å². The zero-order valence-electron chi connectivity index (χ0n) is 11.3. The summed E-state index contributed by atoms with van der Waals surface area (Å²) < 4.78 is 21.4. The molecule has 7 nitrogen and oxygen atoms in total. The average molecular weight is 309 g/mol. The van der Waals surface area contributed by atoms with E-state index >= 15 is 0 Å². The van der Waals surface area contributed by atoms with E-state index < -0.39 is 14.9 Å². The lowest BCUT2D eigenvalue weighted by Crippen LogP contribution is -2.11. The summed E-state index contributed by atoms with van der Waals surface area (Å²) in [5, 5.41) is 15.0. The number of non-ortho nitro benzene ring substituents is 1. The Hall–Kier alpha value is -2.45. The van der Waals surface area contributed by atoms with E-state index in [9.17, 15) is 18.5 Å². The second kappa shape index (κ2) is 6.82. The van der Waals surface area contributed by atoms with Crippen LogP contribution in [0.3, 0.4) is 0 Å². The predicted molar refractivity (Wildman–Crippen MR) is 80.1 cm³/mol. The molecular weight excluding hydrogens is 294 g/mol. The van der Waals surface area contributed by atoms with E-state index in [0.717, 1.165) is 5.56 Å². The van der Waals surface area contributed by atoms with Crippen molar-refractivity contribution < 1.29 is 13.3 Å². The maximum Gasteiger partial charge on any atom is 0.269 e. The fraction of sp³-hybridized carbons (Fsp3) is 0.0769. The summed E-state index contributed by atoms with van der Waals surface area (Å²) in [6.45, 7) is 1.89. The molecule has 2 aromatic rings. The number of hydrogen-bond donors (Lipinski definition) is 2. The van der Waals surface area contributed by atoms with E-state index in [1.54, 1.807) is 12.1 Å². The number of rotatable bonds is 2. The Balaban J connectivity index is 0.000000211. The number of benzene rings is 2. The normalized spacial score (nSPS) is 10.4. The molecule has 0 aliphatic carbocycles. The number of nitrogen functional groups attached to an aromatic ring is 1. The molecule has 0 saturated heterocycles. The molecule has 21 heavy (non-hydrogen) atoms. The van der Waals surface area contributed by atoms with Crippen molar-refractivity contribution in [2.75, 3.05) is 5.73 Å². The number of nitro groups is 1. The minimum atomic E-state index is -3.58. The van der Waals surface area contributed by atoms with E-state index in [1.807, 2.05) is 6.92 Å². The van der Waals surface area contributed by atoms with E-state index in [-0.39, 0.29) is 10.6 Å². The number of hydrogen-bond acceptors (Lipinski definition) is 5. The largest absolute Gasteiger partial charge is 0.399 e. The zero-order chi connectivity index (χ0) is 16.0. The first-order valence-electron chi connectivity index (χ1n) is 5.79. The van der Waals surface area contributed by atoms with E-state index in [1.165, 1.54) is 36.4 Å². The van der Waals surface area contributed by atoms with Crippen molar-refractivity contribution in [2.45, 2.75) is 11.8 Å². The van der Waals surface area contributed by atoms with Crippen LogP contribution >= 0.6 is 0 Å². The van der Waals surface area contributed by atoms with Crippen molar-refractivity contribution in [3.63, 3.8) is 0 Å². The molecule has 0 unspecified atom stereocenters. The molecule has 0 aliphatic heterocycles. The van der Waals surface area contributed by atoms with Gasteiger partial charge in [0, 0.05) is 17.8 Å². The third kappa shape index (κ3) is 5.59. The number of sulfonamides is 1. The van der Waals surface area contributed by atoms with Crippen LogP contribution in [0.2, 0.25) is 0 Å². The molecule has 0 aromatic heterocycles. The summed E-state index contributed by atoms with van der Waals surface area (Å²) in [6.07, 6.45) is 0. The van der Waals surface area contributed by atoms with Crippen LogP contribution in [0.5, 0.6) is 0 Å². The molecule has 0 aliphatic rings. The van der Waals surface area contributed by atoms with Gasteiger partial charge in [-0.05, 0) is 31.2 Å².